The van der Waals surface area contributed by atoms with Crippen LogP contribution in [-0.4, -0.2) is 24.4 Å². The number of imidazole rings is 1. The van der Waals surface area contributed by atoms with Crippen LogP contribution in [0.2, 0.25) is 0 Å². The molecule has 2 atom stereocenters. The Hall–Kier alpha value is -2.40. The third kappa shape index (κ3) is 1.65. The minimum absolute atomic E-state index is 0.0395. The summed E-state index contributed by atoms with van der Waals surface area (Å²) in [6.45, 7) is 0. The van der Waals surface area contributed by atoms with Gasteiger partial charge in [-0.25, -0.2) is 4.98 Å². The van der Waals surface area contributed by atoms with E-state index in [2.05, 4.69) is 33.8 Å². The van der Waals surface area contributed by atoms with Crippen molar-refractivity contribution < 1.29 is 5.11 Å². The first-order valence-corrected chi connectivity index (χ1v) is 8.10. The van der Waals surface area contributed by atoms with Crippen LogP contribution >= 0.6 is 0 Å². The smallest absolute Gasteiger partial charge is 0.103 e. The van der Waals surface area contributed by atoms with Gasteiger partial charge in [0.15, 0.2) is 0 Å². The molecular formula is C18H18N4O. The highest BCUT2D eigenvalue weighted by molar-refractivity contribution is 5.70. The maximum Gasteiger partial charge on any atom is 0.103 e. The minimum Gasteiger partial charge on any atom is -0.388 e. The molecule has 5 nitrogen and oxygen atoms in total. The highest BCUT2D eigenvalue weighted by Crippen LogP contribution is 2.45. The molecule has 3 heterocycles. The van der Waals surface area contributed by atoms with Crippen molar-refractivity contribution in [2.45, 2.75) is 31.4 Å². The summed E-state index contributed by atoms with van der Waals surface area (Å²) in [6.07, 6.45) is 6.15. The first-order valence-electron chi connectivity index (χ1n) is 8.10. The van der Waals surface area contributed by atoms with E-state index < -0.39 is 6.10 Å². The molecule has 0 saturated carbocycles. The number of aromatic nitrogens is 4. The summed E-state index contributed by atoms with van der Waals surface area (Å²) >= 11 is 0. The average Bonchev–Trinajstić information content (AvgIpc) is 3.20. The summed E-state index contributed by atoms with van der Waals surface area (Å²) in [6, 6.07) is 8.48. The van der Waals surface area contributed by atoms with E-state index in [0.717, 1.165) is 41.9 Å². The van der Waals surface area contributed by atoms with Gasteiger partial charge in [0.1, 0.15) is 6.04 Å². The molecule has 23 heavy (non-hydrogen) atoms. The SMILES string of the molecule is Cn1nc2c(c1[C@@H]1c3ccccc3-c3cncn31)C(O)CCC2. The van der Waals surface area contributed by atoms with E-state index in [1.807, 2.05) is 24.3 Å². The fourth-order valence-corrected chi connectivity index (χ4v) is 4.21. The van der Waals surface area contributed by atoms with Gasteiger partial charge in [0.25, 0.3) is 0 Å². The van der Waals surface area contributed by atoms with Crippen LogP contribution in [0.3, 0.4) is 0 Å². The zero-order valence-corrected chi connectivity index (χ0v) is 13.0. The van der Waals surface area contributed by atoms with Gasteiger partial charge in [-0.15, -0.1) is 0 Å². The third-order valence-corrected chi connectivity index (χ3v) is 5.17. The van der Waals surface area contributed by atoms with Crippen LogP contribution in [0.1, 0.15) is 47.5 Å². The van der Waals surface area contributed by atoms with Crippen molar-refractivity contribution in [3.05, 3.63) is 59.3 Å². The molecule has 1 aromatic carbocycles. The number of aliphatic hydroxyl groups excluding tert-OH is 1. The van der Waals surface area contributed by atoms with Crippen molar-refractivity contribution in [2.75, 3.05) is 0 Å². The van der Waals surface area contributed by atoms with Crippen molar-refractivity contribution in [3.63, 3.8) is 0 Å². The molecule has 2 aliphatic rings. The Morgan fingerprint density at radius 3 is 3.04 bits per heavy atom. The number of rotatable bonds is 1. The second-order valence-electron chi connectivity index (χ2n) is 6.45. The van der Waals surface area contributed by atoms with Gasteiger partial charge in [0.2, 0.25) is 0 Å². The molecular weight excluding hydrogens is 288 g/mol. The summed E-state index contributed by atoms with van der Waals surface area (Å²) in [5.41, 5.74) is 6.78. The molecule has 2 aromatic heterocycles. The Morgan fingerprint density at radius 2 is 2.13 bits per heavy atom. The Morgan fingerprint density at radius 1 is 1.26 bits per heavy atom. The number of nitrogens with zero attached hydrogens (tertiary/aromatic N) is 4. The normalized spacial score (nSPS) is 21.8. The van der Waals surface area contributed by atoms with E-state index in [1.165, 1.54) is 11.1 Å². The quantitative estimate of drug-likeness (QED) is 0.588. The Balaban J connectivity index is 1.80. The van der Waals surface area contributed by atoms with Crippen LogP contribution in [0.25, 0.3) is 11.3 Å². The number of hydrogen-bond acceptors (Lipinski definition) is 3. The van der Waals surface area contributed by atoms with Gasteiger partial charge in [0.05, 0.1) is 35.7 Å². The van der Waals surface area contributed by atoms with Crippen molar-refractivity contribution in [2.24, 2.45) is 7.05 Å². The largest absolute Gasteiger partial charge is 0.388 e. The molecule has 1 N–H and O–H groups in total. The van der Waals surface area contributed by atoms with Crippen molar-refractivity contribution in [3.8, 4) is 11.3 Å². The van der Waals surface area contributed by atoms with Crippen LogP contribution in [-0.2, 0) is 13.5 Å². The topological polar surface area (TPSA) is 55.9 Å². The van der Waals surface area contributed by atoms with Gasteiger partial charge in [0, 0.05) is 18.2 Å². The van der Waals surface area contributed by atoms with Crippen molar-refractivity contribution >= 4 is 0 Å². The standard InChI is InChI=1S/C18H18N4O/c1-21-18(16-13(20-21)7-4-8-15(16)23)17-12-6-3-2-5-11(12)14-9-19-10-22(14)17/h2-3,5-6,9-10,15,17,23H,4,7-8H2,1H3/t15?,17-/m0/s1. The van der Waals surface area contributed by atoms with Crippen LogP contribution in [0, 0.1) is 0 Å². The Labute approximate surface area is 134 Å². The Kier molecular flexibility index (Phi) is 2.59. The fraction of sp³-hybridized carbons (Fsp3) is 0.333. The van der Waals surface area contributed by atoms with Crippen LogP contribution < -0.4 is 0 Å². The summed E-state index contributed by atoms with van der Waals surface area (Å²) in [5.74, 6) is 0. The molecule has 0 fully saturated rings. The molecule has 0 spiro atoms. The monoisotopic (exact) mass is 306 g/mol. The van der Waals surface area contributed by atoms with E-state index in [4.69, 9.17) is 5.10 Å². The lowest BCUT2D eigenvalue weighted by molar-refractivity contribution is 0.155. The molecule has 5 heteroatoms. The first kappa shape index (κ1) is 13.1. The van der Waals surface area contributed by atoms with E-state index in [-0.39, 0.29) is 6.04 Å². The molecule has 116 valence electrons. The zero-order valence-electron chi connectivity index (χ0n) is 13.0. The number of aliphatic hydroxyl groups is 1. The van der Waals surface area contributed by atoms with Gasteiger partial charge in [-0.05, 0) is 24.8 Å². The van der Waals surface area contributed by atoms with Gasteiger partial charge < -0.3 is 9.67 Å². The molecule has 1 aliphatic carbocycles. The molecule has 0 radical (unpaired) electrons. The second kappa shape index (κ2) is 4.55. The Bertz CT molecular complexity index is 908. The molecule has 5 rings (SSSR count). The average molecular weight is 306 g/mol. The predicted molar refractivity (Wildman–Crippen MR) is 86.0 cm³/mol. The van der Waals surface area contributed by atoms with Crippen molar-refractivity contribution in [1.29, 1.82) is 0 Å². The van der Waals surface area contributed by atoms with E-state index in [1.54, 1.807) is 0 Å². The van der Waals surface area contributed by atoms with E-state index >= 15 is 0 Å². The number of aryl methyl sites for hydroxylation is 2. The van der Waals surface area contributed by atoms with Gasteiger partial charge in [-0.1, -0.05) is 24.3 Å². The minimum atomic E-state index is -0.415. The molecule has 1 unspecified atom stereocenters. The maximum absolute atomic E-state index is 10.6. The van der Waals surface area contributed by atoms with Crippen molar-refractivity contribution in [1.82, 2.24) is 19.3 Å². The van der Waals surface area contributed by atoms with Gasteiger partial charge >= 0.3 is 0 Å². The molecule has 0 saturated heterocycles. The maximum atomic E-state index is 10.6. The number of fused-ring (bicyclic) bond motifs is 4. The number of hydrogen-bond donors (Lipinski definition) is 1. The predicted octanol–water partition coefficient (Wildman–Crippen LogP) is 2.60. The van der Waals surface area contributed by atoms with Gasteiger partial charge in [-0.2, -0.15) is 5.10 Å². The summed E-state index contributed by atoms with van der Waals surface area (Å²) < 4.78 is 4.15. The van der Waals surface area contributed by atoms with E-state index in [9.17, 15) is 5.11 Å². The van der Waals surface area contributed by atoms with Crippen LogP contribution in [0.15, 0.2) is 36.8 Å². The lowest BCUT2D eigenvalue weighted by atomic mass is 9.89. The summed E-state index contributed by atoms with van der Waals surface area (Å²) in [4.78, 5) is 4.33. The van der Waals surface area contributed by atoms with Gasteiger partial charge in [-0.3, -0.25) is 4.68 Å². The molecule has 3 aromatic rings. The zero-order chi connectivity index (χ0) is 15.6. The summed E-state index contributed by atoms with van der Waals surface area (Å²) in [5, 5.41) is 15.3. The molecule has 1 aliphatic heterocycles. The van der Waals surface area contributed by atoms with Crippen LogP contribution in [0.4, 0.5) is 0 Å². The lowest BCUT2D eigenvalue weighted by Gasteiger charge is -2.22. The fourth-order valence-electron chi connectivity index (χ4n) is 4.21. The highest BCUT2D eigenvalue weighted by atomic mass is 16.3. The highest BCUT2D eigenvalue weighted by Gasteiger charge is 2.36. The van der Waals surface area contributed by atoms with Crippen LogP contribution in [0.5, 0.6) is 0 Å². The molecule has 0 bridgehead atoms. The van der Waals surface area contributed by atoms with E-state index in [0.29, 0.717) is 0 Å². The summed E-state index contributed by atoms with van der Waals surface area (Å²) in [7, 11) is 1.98. The first-order chi connectivity index (χ1) is 11.3. The third-order valence-electron chi connectivity index (χ3n) is 5.17. The second-order valence-corrected chi connectivity index (χ2v) is 6.45. The number of benzene rings is 1. The molecule has 0 amide bonds. The lowest BCUT2D eigenvalue weighted by Crippen LogP contribution is -2.16.